The highest BCUT2D eigenvalue weighted by Crippen LogP contribution is 2.24. The van der Waals surface area contributed by atoms with Crippen LogP contribution in [0.5, 0.6) is 11.5 Å². The van der Waals surface area contributed by atoms with Crippen molar-refractivity contribution in [2.45, 2.75) is 65.2 Å². The van der Waals surface area contributed by atoms with Gasteiger partial charge in [0.15, 0.2) is 5.78 Å². The summed E-state index contributed by atoms with van der Waals surface area (Å²) in [4.78, 5) is 37.0. The zero-order chi connectivity index (χ0) is 28.8. The SMILES string of the molecule is CC/C=C\C/C=C\C/C=C\C/C=C\C/C=C\CCCC(=O)Oc1ccccc1C(=O)Oc1ccccc1C(C)=O. The lowest BCUT2D eigenvalue weighted by Gasteiger charge is -2.11. The van der Waals surface area contributed by atoms with E-state index in [4.69, 9.17) is 9.47 Å². The van der Waals surface area contributed by atoms with Crippen molar-refractivity contribution >= 4 is 17.7 Å². The van der Waals surface area contributed by atoms with Crippen LogP contribution >= 0.6 is 0 Å². The highest BCUT2D eigenvalue weighted by molar-refractivity contribution is 5.99. The van der Waals surface area contributed by atoms with Gasteiger partial charge >= 0.3 is 11.9 Å². The Bertz CT molecular complexity index is 1230. The zero-order valence-electron chi connectivity index (χ0n) is 23.6. The van der Waals surface area contributed by atoms with E-state index in [1.807, 2.05) is 0 Å². The van der Waals surface area contributed by atoms with Crippen LogP contribution in [0.25, 0.3) is 0 Å². The first-order chi connectivity index (χ1) is 19.5. The Morgan fingerprint density at radius 3 is 1.65 bits per heavy atom. The van der Waals surface area contributed by atoms with Crippen molar-refractivity contribution in [1.82, 2.24) is 0 Å². The Morgan fingerprint density at radius 2 is 1.10 bits per heavy atom. The molecule has 0 amide bonds. The number of rotatable bonds is 17. The number of hydrogen-bond donors (Lipinski definition) is 0. The van der Waals surface area contributed by atoms with Crippen LogP contribution in [-0.2, 0) is 4.79 Å². The second-order valence-electron chi connectivity index (χ2n) is 9.01. The highest BCUT2D eigenvalue weighted by Gasteiger charge is 2.19. The lowest BCUT2D eigenvalue weighted by Crippen LogP contribution is -2.15. The first-order valence-corrected chi connectivity index (χ1v) is 13.9. The number of carbonyl (C=O) groups is 3. The molecule has 5 heteroatoms. The number of ether oxygens (including phenoxy) is 2. The second-order valence-corrected chi connectivity index (χ2v) is 9.01. The molecule has 0 saturated carbocycles. The maximum Gasteiger partial charge on any atom is 0.347 e. The van der Waals surface area contributed by atoms with Crippen molar-refractivity contribution in [1.29, 1.82) is 0 Å². The van der Waals surface area contributed by atoms with Gasteiger partial charge in [-0.3, -0.25) is 9.59 Å². The van der Waals surface area contributed by atoms with Gasteiger partial charge in [-0.25, -0.2) is 4.79 Å². The second kappa shape index (κ2) is 19.8. The molecule has 2 aromatic rings. The average molecular weight is 541 g/mol. The van der Waals surface area contributed by atoms with Crippen molar-refractivity contribution in [3.63, 3.8) is 0 Å². The van der Waals surface area contributed by atoms with Gasteiger partial charge in [-0.2, -0.15) is 0 Å². The van der Waals surface area contributed by atoms with Crippen molar-refractivity contribution in [2.75, 3.05) is 0 Å². The van der Waals surface area contributed by atoms with Crippen LogP contribution in [0, 0.1) is 0 Å². The predicted octanol–water partition coefficient (Wildman–Crippen LogP) is 8.94. The molecule has 2 aromatic carbocycles. The molecule has 0 fully saturated rings. The maximum absolute atomic E-state index is 12.8. The molecule has 40 heavy (non-hydrogen) atoms. The summed E-state index contributed by atoms with van der Waals surface area (Å²) >= 11 is 0. The number of unbranched alkanes of at least 4 members (excludes halogenated alkanes) is 1. The molecule has 0 aliphatic rings. The molecule has 0 aliphatic carbocycles. The zero-order valence-corrected chi connectivity index (χ0v) is 23.6. The highest BCUT2D eigenvalue weighted by atomic mass is 16.5. The van der Waals surface area contributed by atoms with Crippen LogP contribution in [0.3, 0.4) is 0 Å². The normalized spacial score (nSPS) is 11.8. The van der Waals surface area contributed by atoms with Gasteiger partial charge in [0.2, 0.25) is 0 Å². The van der Waals surface area contributed by atoms with E-state index in [1.54, 1.807) is 42.5 Å². The standard InChI is InChI=1S/C35H40O5/c1-3-4-5-6-7-8-9-10-11-12-13-14-15-16-17-18-19-28-34(37)39-33-27-23-21-25-31(33)35(38)40-32-26-22-20-24-30(32)29(2)36/h4-5,7-8,10-11,13-14,16-17,20-27H,3,6,9,12,15,18-19,28H2,1-2H3/b5-4-,8-7-,11-10-,14-13-,17-16-. The third-order valence-corrected chi connectivity index (χ3v) is 5.71. The summed E-state index contributed by atoms with van der Waals surface area (Å²) in [6.07, 6.45) is 27.9. The largest absolute Gasteiger partial charge is 0.426 e. The summed E-state index contributed by atoms with van der Waals surface area (Å²) in [6.45, 7) is 3.54. The molecule has 0 radical (unpaired) electrons. The van der Waals surface area contributed by atoms with Gasteiger partial charge in [0.25, 0.3) is 0 Å². The Labute approximate surface area is 238 Å². The molecule has 0 spiro atoms. The number of carbonyl (C=O) groups excluding carboxylic acids is 3. The molecular weight excluding hydrogens is 500 g/mol. The number of ketones is 1. The molecule has 2 rings (SSSR count). The van der Waals surface area contributed by atoms with Gasteiger partial charge in [0.05, 0.1) is 5.56 Å². The number of benzene rings is 2. The fourth-order valence-electron chi connectivity index (χ4n) is 3.63. The fourth-order valence-corrected chi connectivity index (χ4v) is 3.63. The molecule has 0 aromatic heterocycles. The molecular formula is C35H40O5. The van der Waals surface area contributed by atoms with Crippen LogP contribution in [-0.4, -0.2) is 17.7 Å². The molecule has 0 heterocycles. The first kappa shape index (κ1) is 32.0. The van der Waals surface area contributed by atoms with E-state index < -0.39 is 11.9 Å². The van der Waals surface area contributed by atoms with Crippen LogP contribution in [0.4, 0.5) is 0 Å². The Morgan fingerprint density at radius 1 is 0.625 bits per heavy atom. The van der Waals surface area contributed by atoms with Gasteiger partial charge in [-0.05, 0) is 76.1 Å². The van der Waals surface area contributed by atoms with Crippen LogP contribution in [0.1, 0.15) is 85.9 Å². The molecule has 0 bridgehead atoms. The summed E-state index contributed by atoms with van der Waals surface area (Å²) in [7, 11) is 0. The molecule has 0 atom stereocenters. The molecule has 210 valence electrons. The minimum Gasteiger partial charge on any atom is -0.426 e. The number of para-hydroxylation sites is 2. The Kier molecular flexibility index (Phi) is 15.8. The van der Waals surface area contributed by atoms with E-state index in [9.17, 15) is 14.4 Å². The summed E-state index contributed by atoms with van der Waals surface area (Å²) in [5.74, 6) is -1.03. The van der Waals surface area contributed by atoms with E-state index >= 15 is 0 Å². The van der Waals surface area contributed by atoms with E-state index in [-0.39, 0.29) is 29.3 Å². The van der Waals surface area contributed by atoms with Crippen molar-refractivity contribution in [3.05, 3.63) is 120 Å². The monoisotopic (exact) mass is 540 g/mol. The summed E-state index contributed by atoms with van der Waals surface area (Å²) in [6, 6.07) is 12.9. The molecule has 0 aliphatic heterocycles. The third kappa shape index (κ3) is 13.0. The number of allylic oxidation sites excluding steroid dienone is 10. The van der Waals surface area contributed by atoms with Crippen molar-refractivity contribution in [3.8, 4) is 11.5 Å². The van der Waals surface area contributed by atoms with Crippen LogP contribution < -0.4 is 9.47 Å². The number of hydrogen-bond acceptors (Lipinski definition) is 5. The number of esters is 2. The summed E-state index contributed by atoms with van der Waals surface area (Å²) < 4.78 is 10.9. The van der Waals surface area contributed by atoms with E-state index in [0.717, 1.165) is 38.5 Å². The van der Waals surface area contributed by atoms with Crippen molar-refractivity contribution in [2.24, 2.45) is 0 Å². The van der Waals surface area contributed by atoms with E-state index in [2.05, 4.69) is 67.7 Å². The van der Waals surface area contributed by atoms with E-state index in [0.29, 0.717) is 12.0 Å². The summed E-state index contributed by atoms with van der Waals surface area (Å²) in [5, 5.41) is 0. The fraction of sp³-hybridized carbons (Fsp3) is 0.286. The van der Waals surface area contributed by atoms with Crippen LogP contribution in [0.2, 0.25) is 0 Å². The van der Waals surface area contributed by atoms with Gasteiger partial charge < -0.3 is 9.47 Å². The molecule has 0 N–H and O–H groups in total. The Hall–Kier alpha value is -4.25. The van der Waals surface area contributed by atoms with E-state index in [1.165, 1.54) is 13.0 Å². The van der Waals surface area contributed by atoms with Crippen LogP contribution in [0.15, 0.2) is 109 Å². The smallest absolute Gasteiger partial charge is 0.347 e. The third-order valence-electron chi connectivity index (χ3n) is 5.71. The summed E-state index contributed by atoms with van der Waals surface area (Å²) in [5.41, 5.74) is 0.424. The van der Waals surface area contributed by atoms with Gasteiger partial charge in [0, 0.05) is 6.42 Å². The lowest BCUT2D eigenvalue weighted by atomic mass is 10.1. The topological polar surface area (TPSA) is 69.7 Å². The minimum atomic E-state index is -0.698. The van der Waals surface area contributed by atoms with Gasteiger partial charge in [-0.15, -0.1) is 0 Å². The van der Waals surface area contributed by atoms with Gasteiger partial charge in [-0.1, -0.05) is 91.9 Å². The quantitative estimate of drug-likeness (QED) is 0.0658. The molecule has 5 nitrogen and oxygen atoms in total. The predicted molar refractivity (Wildman–Crippen MR) is 162 cm³/mol. The lowest BCUT2D eigenvalue weighted by molar-refractivity contribution is -0.134. The first-order valence-electron chi connectivity index (χ1n) is 13.9. The Balaban J connectivity index is 1.68. The van der Waals surface area contributed by atoms with Gasteiger partial charge in [0.1, 0.15) is 17.1 Å². The maximum atomic E-state index is 12.8. The molecule has 0 unspecified atom stereocenters. The minimum absolute atomic E-state index is 0.118. The molecule has 0 saturated heterocycles. The average Bonchev–Trinajstić information content (AvgIpc) is 2.95. The number of Topliss-reactive ketones (excluding diaryl/α,β-unsaturated/α-hetero) is 1. The van der Waals surface area contributed by atoms with Crippen molar-refractivity contribution < 1.29 is 23.9 Å².